The molecule has 0 spiro atoms. The van der Waals surface area contributed by atoms with Gasteiger partial charge < -0.3 is 19.7 Å². The Kier molecular flexibility index (Phi) is 4.29. The van der Waals surface area contributed by atoms with Gasteiger partial charge in [-0.15, -0.1) is 0 Å². The molecule has 0 saturated heterocycles. The summed E-state index contributed by atoms with van der Waals surface area (Å²) in [4.78, 5) is 2.30. The highest BCUT2D eigenvalue weighted by Crippen LogP contribution is 2.44. The van der Waals surface area contributed by atoms with E-state index in [0.29, 0.717) is 6.04 Å². The molecule has 2 fully saturated rings. The number of methoxy groups -OCH3 is 2. The second-order valence-corrected chi connectivity index (χ2v) is 7.76. The Morgan fingerprint density at radius 2 is 1.88 bits per heavy atom. The Morgan fingerprint density at radius 3 is 2.50 bits per heavy atom. The van der Waals surface area contributed by atoms with E-state index in [-0.39, 0.29) is 0 Å². The number of thiocarbonyl (C=S) groups is 1. The lowest BCUT2D eigenvalue weighted by Crippen LogP contribution is -2.48. The fraction of sp³-hybridized carbons (Fsp3) is 0.632. The van der Waals surface area contributed by atoms with Gasteiger partial charge in [-0.05, 0) is 73.0 Å². The highest BCUT2D eigenvalue weighted by atomic mass is 32.1. The van der Waals surface area contributed by atoms with Crippen LogP contribution in [0.4, 0.5) is 0 Å². The van der Waals surface area contributed by atoms with Crippen molar-refractivity contribution in [2.45, 2.75) is 44.7 Å². The van der Waals surface area contributed by atoms with Gasteiger partial charge in [-0.3, -0.25) is 0 Å². The van der Waals surface area contributed by atoms with Crippen LogP contribution in [0.1, 0.15) is 36.8 Å². The van der Waals surface area contributed by atoms with Crippen LogP contribution < -0.4 is 14.8 Å². The van der Waals surface area contributed by atoms with Crippen molar-refractivity contribution >= 4 is 17.3 Å². The van der Waals surface area contributed by atoms with Gasteiger partial charge in [0, 0.05) is 19.1 Å². The molecule has 4 nitrogen and oxygen atoms in total. The topological polar surface area (TPSA) is 33.7 Å². The predicted octanol–water partition coefficient (Wildman–Crippen LogP) is 3.13. The van der Waals surface area contributed by atoms with Gasteiger partial charge in [0.25, 0.3) is 0 Å². The molecule has 2 aliphatic carbocycles. The monoisotopic (exact) mass is 346 g/mol. The Labute approximate surface area is 149 Å². The maximum absolute atomic E-state index is 5.72. The van der Waals surface area contributed by atoms with Gasteiger partial charge in [0.15, 0.2) is 16.6 Å². The van der Waals surface area contributed by atoms with Crippen LogP contribution in [0.5, 0.6) is 11.5 Å². The molecular weight excluding hydrogens is 320 g/mol. The molecular formula is C19H26N2O2S. The fourth-order valence-electron chi connectivity index (χ4n) is 4.73. The minimum atomic E-state index is 0.600. The molecule has 1 heterocycles. The van der Waals surface area contributed by atoms with Crippen molar-refractivity contribution in [3.05, 3.63) is 23.3 Å². The summed E-state index contributed by atoms with van der Waals surface area (Å²) in [5.74, 6) is 3.39. The quantitative estimate of drug-likeness (QED) is 0.851. The Balaban J connectivity index is 1.44. The molecule has 2 bridgehead atoms. The van der Waals surface area contributed by atoms with Crippen molar-refractivity contribution in [2.75, 3.05) is 20.8 Å². The molecule has 0 radical (unpaired) electrons. The van der Waals surface area contributed by atoms with Crippen molar-refractivity contribution in [1.29, 1.82) is 0 Å². The van der Waals surface area contributed by atoms with Gasteiger partial charge in [0.1, 0.15) is 0 Å². The van der Waals surface area contributed by atoms with Crippen LogP contribution in [-0.4, -0.2) is 36.8 Å². The van der Waals surface area contributed by atoms with Crippen LogP contribution in [-0.2, 0) is 13.0 Å². The first-order chi connectivity index (χ1) is 11.7. The highest BCUT2D eigenvalue weighted by molar-refractivity contribution is 7.80. The summed E-state index contributed by atoms with van der Waals surface area (Å²) in [5, 5.41) is 4.59. The van der Waals surface area contributed by atoms with E-state index in [0.717, 1.165) is 48.0 Å². The van der Waals surface area contributed by atoms with E-state index < -0.39 is 0 Å². The first kappa shape index (κ1) is 16.0. The number of benzene rings is 1. The van der Waals surface area contributed by atoms with Crippen LogP contribution in [0.2, 0.25) is 0 Å². The molecule has 4 rings (SSSR count). The van der Waals surface area contributed by atoms with E-state index >= 15 is 0 Å². The summed E-state index contributed by atoms with van der Waals surface area (Å²) in [6.07, 6.45) is 6.51. The predicted molar refractivity (Wildman–Crippen MR) is 98.6 cm³/mol. The number of rotatable bonds is 3. The number of nitrogens with one attached hydrogen (secondary N) is 1. The second kappa shape index (κ2) is 6.43. The molecule has 3 aliphatic rings. The maximum Gasteiger partial charge on any atom is 0.169 e. The Hall–Kier alpha value is -1.49. The second-order valence-electron chi connectivity index (χ2n) is 7.38. The molecule has 1 aromatic carbocycles. The molecule has 1 aliphatic heterocycles. The Bertz CT molecular complexity index is 648. The first-order valence-corrected chi connectivity index (χ1v) is 9.38. The van der Waals surface area contributed by atoms with E-state index in [1.165, 1.54) is 36.8 Å². The summed E-state index contributed by atoms with van der Waals surface area (Å²) < 4.78 is 10.9. The zero-order valence-corrected chi connectivity index (χ0v) is 15.3. The third-order valence-corrected chi connectivity index (χ3v) is 6.43. The summed E-state index contributed by atoms with van der Waals surface area (Å²) in [5.41, 5.74) is 2.63. The summed E-state index contributed by atoms with van der Waals surface area (Å²) in [7, 11) is 3.37. The first-order valence-electron chi connectivity index (χ1n) is 8.97. The number of ether oxygens (including phenoxy) is 2. The third kappa shape index (κ3) is 2.83. The van der Waals surface area contributed by atoms with Gasteiger partial charge in [0.05, 0.1) is 14.2 Å². The SMILES string of the molecule is COc1cc2c(cc1OC)CN(C(=S)N[C@H]1C[C@@H]3CC[C@@H]1C3)CC2. The minimum absolute atomic E-state index is 0.600. The number of nitrogens with zero attached hydrogens (tertiary/aromatic N) is 1. The van der Waals surface area contributed by atoms with Crippen molar-refractivity contribution in [2.24, 2.45) is 11.8 Å². The van der Waals surface area contributed by atoms with Crippen LogP contribution in [0.25, 0.3) is 0 Å². The summed E-state index contributed by atoms with van der Waals surface area (Å²) in [6, 6.07) is 4.81. The zero-order chi connectivity index (χ0) is 16.7. The van der Waals surface area contributed by atoms with Crippen LogP contribution in [0.15, 0.2) is 12.1 Å². The van der Waals surface area contributed by atoms with E-state index in [9.17, 15) is 0 Å². The summed E-state index contributed by atoms with van der Waals surface area (Å²) >= 11 is 5.72. The van der Waals surface area contributed by atoms with E-state index in [1.807, 2.05) is 0 Å². The van der Waals surface area contributed by atoms with Gasteiger partial charge in [-0.2, -0.15) is 0 Å². The van der Waals surface area contributed by atoms with Crippen LogP contribution in [0, 0.1) is 11.8 Å². The number of fused-ring (bicyclic) bond motifs is 3. The molecule has 130 valence electrons. The lowest BCUT2D eigenvalue weighted by atomic mass is 9.95. The standard InChI is InChI=1S/C19H26N2O2S/c1-22-17-9-13-5-6-21(11-15(13)10-18(17)23-2)19(24)20-16-8-12-3-4-14(16)7-12/h9-10,12,14,16H,3-8,11H2,1-2H3,(H,20,24)/t12-,14-,16+/m1/s1. The van der Waals surface area contributed by atoms with Crippen molar-refractivity contribution < 1.29 is 9.47 Å². The molecule has 0 aromatic heterocycles. The molecule has 0 unspecified atom stereocenters. The average molecular weight is 346 g/mol. The van der Waals surface area contributed by atoms with Crippen molar-refractivity contribution in [1.82, 2.24) is 10.2 Å². The van der Waals surface area contributed by atoms with Crippen LogP contribution in [0.3, 0.4) is 0 Å². The zero-order valence-electron chi connectivity index (χ0n) is 14.5. The van der Waals surface area contributed by atoms with Gasteiger partial charge in [-0.1, -0.05) is 6.42 Å². The Morgan fingerprint density at radius 1 is 1.12 bits per heavy atom. The average Bonchev–Trinajstić information content (AvgIpc) is 3.22. The summed E-state index contributed by atoms with van der Waals surface area (Å²) in [6.45, 7) is 1.82. The third-order valence-electron chi connectivity index (χ3n) is 6.05. The fourth-order valence-corrected chi connectivity index (χ4v) is 5.04. The lowest BCUT2D eigenvalue weighted by molar-refractivity contribution is 0.338. The number of hydrogen-bond donors (Lipinski definition) is 1. The van der Waals surface area contributed by atoms with E-state index in [2.05, 4.69) is 22.3 Å². The number of hydrogen-bond acceptors (Lipinski definition) is 3. The van der Waals surface area contributed by atoms with Crippen LogP contribution >= 0.6 is 12.2 Å². The van der Waals surface area contributed by atoms with E-state index in [1.54, 1.807) is 14.2 Å². The molecule has 2 saturated carbocycles. The molecule has 5 heteroatoms. The molecule has 0 amide bonds. The van der Waals surface area contributed by atoms with E-state index in [4.69, 9.17) is 21.7 Å². The lowest BCUT2D eigenvalue weighted by Gasteiger charge is -2.34. The molecule has 1 aromatic rings. The van der Waals surface area contributed by atoms with Crippen molar-refractivity contribution in [3.8, 4) is 11.5 Å². The van der Waals surface area contributed by atoms with Crippen molar-refractivity contribution in [3.63, 3.8) is 0 Å². The van der Waals surface area contributed by atoms with Gasteiger partial charge in [0.2, 0.25) is 0 Å². The molecule has 3 atom stereocenters. The van der Waals surface area contributed by atoms with Gasteiger partial charge >= 0.3 is 0 Å². The normalized spacial score (nSPS) is 27.8. The molecule has 24 heavy (non-hydrogen) atoms. The smallest absolute Gasteiger partial charge is 0.169 e. The molecule has 1 N–H and O–H groups in total. The maximum atomic E-state index is 5.72. The highest BCUT2D eigenvalue weighted by Gasteiger charge is 2.40. The van der Waals surface area contributed by atoms with Gasteiger partial charge in [-0.25, -0.2) is 0 Å². The minimum Gasteiger partial charge on any atom is -0.493 e. The largest absolute Gasteiger partial charge is 0.493 e.